The van der Waals surface area contributed by atoms with Gasteiger partial charge in [0.05, 0.1) is 27.7 Å². The van der Waals surface area contributed by atoms with Crippen LogP contribution >= 0.6 is 7.82 Å². The van der Waals surface area contributed by atoms with Crippen molar-refractivity contribution in [2.75, 3.05) is 47.5 Å². The predicted molar refractivity (Wildman–Crippen MR) is 289 cm³/mol. The van der Waals surface area contributed by atoms with Crippen molar-refractivity contribution in [2.45, 2.75) is 290 Å². The fraction of sp³-hybridized carbons (Fsp3) is 0.897. The molecule has 0 aliphatic rings. The topological polar surface area (TPSA) is 108 Å². The zero-order chi connectivity index (χ0) is 49.9. The van der Waals surface area contributed by atoms with Gasteiger partial charge in [-0.1, -0.05) is 250 Å². The lowest BCUT2D eigenvalue weighted by molar-refractivity contribution is -0.870. The predicted octanol–water partition coefficient (Wildman–Crippen LogP) is 17.8. The summed E-state index contributed by atoms with van der Waals surface area (Å²) in [5.41, 5.74) is 0. The summed E-state index contributed by atoms with van der Waals surface area (Å²) in [5.74, 6) is -0.781. The zero-order valence-corrected chi connectivity index (χ0v) is 46.5. The number of quaternary nitrogens is 1. The molecule has 9 nitrogen and oxygen atoms in total. The number of esters is 2. The number of allylic oxidation sites excluding steroid dienone is 4. The second-order valence-electron chi connectivity index (χ2n) is 21.0. The summed E-state index contributed by atoms with van der Waals surface area (Å²) < 4.78 is 34.5. The zero-order valence-electron chi connectivity index (χ0n) is 45.6. The largest absolute Gasteiger partial charge is 0.472 e. The van der Waals surface area contributed by atoms with Crippen LogP contribution in [0.2, 0.25) is 0 Å². The molecule has 68 heavy (non-hydrogen) atoms. The number of hydrogen-bond donors (Lipinski definition) is 1. The van der Waals surface area contributed by atoms with Gasteiger partial charge in [-0.3, -0.25) is 18.6 Å². The van der Waals surface area contributed by atoms with Crippen LogP contribution in [0.15, 0.2) is 24.3 Å². The maximum Gasteiger partial charge on any atom is 0.472 e. The van der Waals surface area contributed by atoms with Crippen molar-refractivity contribution in [3.05, 3.63) is 24.3 Å². The Morgan fingerprint density at radius 2 is 0.794 bits per heavy atom. The van der Waals surface area contributed by atoms with Crippen molar-refractivity contribution in [2.24, 2.45) is 0 Å². The molecule has 0 rings (SSSR count). The second kappa shape index (κ2) is 50.4. The van der Waals surface area contributed by atoms with E-state index >= 15 is 0 Å². The first-order valence-corrected chi connectivity index (χ1v) is 30.6. The highest BCUT2D eigenvalue weighted by molar-refractivity contribution is 7.47. The van der Waals surface area contributed by atoms with Gasteiger partial charge in [0.15, 0.2) is 6.10 Å². The summed E-state index contributed by atoms with van der Waals surface area (Å²) >= 11 is 0. The third-order valence-electron chi connectivity index (χ3n) is 13.0. The molecule has 0 radical (unpaired) electrons. The number of nitrogens with zero attached hydrogens (tertiary/aromatic N) is 1. The minimum atomic E-state index is -4.38. The van der Waals surface area contributed by atoms with Crippen LogP contribution in [0, 0.1) is 0 Å². The van der Waals surface area contributed by atoms with Gasteiger partial charge in [0.2, 0.25) is 0 Å². The van der Waals surface area contributed by atoms with E-state index in [0.717, 1.165) is 38.5 Å². The maximum absolute atomic E-state index is 12.8. The van der Waals surface area contributed by atoms with E-state index in [1.807, 2.05) is 21.1 Å². The summed E-state index contributed by atoms with van der Waals surface area (Å²) in [5, 5.41) is 0. The fourth-order valence-corrected chi connectivity index (χ4v) is 9.20. The normalized spacial score (nSPS) is 13.4. The average Bonchev–Trinajstić information content (AvgIpc) is 3.30. The lowest BCUT2D eigenvalue weighted by atomic mass is 10.0. The molecule has 10 heteroatoms. The SMILES string of the molecule is CCCCCCC/C=C\C/C=C\CCCCCCCCCCCCCCCCCCCC(=O)OC(COC(=O)CCCCCCCCCCCCCCCCC)COP(=O)(O)OCC[N+](C)(C)C. The lowest BCUT2D eigenvalue weighted by Crippen LogP contribution is -2.37. The molecule has 0 bridgehead atoms. The minimum Gasteiger partial charge on any atom is -0.462 e. The Hall–Kier alpha value is -1.51. The van der Waals surface area contributed by atoms with Crippen LogP contribution in [-0.4, -0.2) is 74.9 Å². The van der Waals surface area contributed by atoms with Gasteiger partial charge in [-0.05, 0) is 44.9 Å². The van der Waals surface area contributed by atoms with Crippen LogP contribution in [-0.2, 0) is 32.7 Å². The van der Waals surface area contributed by atoms with Crippen molar-refractivity contribution < 1.29 is 42.1 Å². The molecule has 0 amide bonds. The summed E-state index contributed by atoms with van der Waals surface area (Å²) in [6.07, 6.45) is 59.6. The average molecular weight is 984 g/mol. The fourth-order valence-electron chi connectivity index (χ4n) is 8.46. The first-order valence-electron chi connectivity index (χ1n) is 29.1. The van der Waals surface area contributed by atoms with Gasteiger partial charge in [-0.25, -0.2) is 4.57 Å². The van der Waals surface area contributed by atoms with Crippen molar-refractivity contribution in [1.82, 2.24) is 0 Å². The lowest BCUT2D eigenvalue weighted by Gasteiger charge is -2.24. The Morgan fingerprint density at radius 3 is 1.16 bits per heavy atom. The molecule has 0 aromatic carbocycles. The number of phosphoric ester groups is 1. The summed E-state index contributed by atoms with van der Waals surface area (Å²) in [4.78, 5) is 35.6. The number of rotatable bonds is 54. The van der Waals surface area contributed by atoms with E-state index in [1.165, 1.54) is 212 Å². The van der Waals surface area contributed by atoms with Crippen LogP contribution in [0.25, 0.3) is 0 Å². The van der Waals surface area contributed by atoms with E-state index < -0.39 is 26.5 Å². The summed E-state index contributed by atoms with van der Waals surface area (Å²) in [6, 6.07) is 0. The Balaban J connectivity index is 4.06. The molecule has 0 aromatic heterocycles. The van der Waals surface area contributed by atoms with Crippen LogP contribution < -0.4 is 0 Å². The molecule has 0 aliphatic heterocycles. The molecule has 0 saturated carbocycles. The molecule has 0 aromatic rings. The van der Waals surface area contributed by atoms with Crippen LogP contribution in [0.5, 0.6) is 0 Å². The van der Waals surface area contributed by atoms with Crippen molar-refractivity contribution in [3.8, 4) is 0 Å². The van der Waals surface area contributed by atoms with Gasteiger partial charge in [-0.2, -0.15) is 0 Å². The van der Waals surface area contributed by atoms with E-state index in [4.69, 9.17) is 18.5 Å². The van der Waals surface area contributed by atoms with Crippen molar-refractivity contribution in [3.63, 3.8) is 0 Å². The molecule has 402 valence electrons. The molecule has 2 unspecified atom stereocenters. The Labute approximate surface area is 421 Å². The smallest absolute Gasteiger partial charge is 0.462 e. The van der Waals surface area contributed by atoms with Gasteiger partial charge in [0.25, 0.3) is 0 Å². The molecular formula is C58H113NO8P+. The molecule has 0 aliphatic carbocycles. The number of hydrogen-bond acceptors (Lipinski definition) is 7. The van der Waals surface area contributed by atoms with E-state index in [2.05, 4.69) is 38.2 Å². The Morgan fingerprint density at radius 1 is 0.456 bits per heavy atom. The highest BCUT2D eigenvalue weighted by Gasteiger charge is 2.27. The number of carbonyl (C=O) groups is 2. The molecule has 1 N–H and O–H groups in total. The van der Waals surface area contributed by atoms with Gasteiger partial charge in [0.1, 0.15) is 19.8 Å². The molecule has 0 heterocycles. The first kappa shape index (κ1) is 66.5. The molecule has 0 fully saturated rings. The van der Waals surface area contributed by atoms with E-state index in [9.17, 15) is 19.0 Å². The first-order chi connectivity index (χ1) is 33.0. The number of unbranched alkanes of at least 4 members (excludes halogenated alkanes) is 36. The van der Waals surface area contributed by atoms with Crippen LogP contribution in [0.3, 0.4) is 0 Å². The third kappa shape index (κ3) is 53.8. The number of phosphoric acid groups is 1. The second-order valence-corrected chi connectivity index (χ2v) is 22.5. The van der Waals surface area contributed by atoms with Gasteiger partial charge in [0, 0.05) is 12.8 Å². The molecular weight excluding hydrogens is 870 g/mol. The maximum atomic E-state index is 12.8. The van der Waals surface area contributed by atoms with Crippen LogP contribution in [0.4, 0.5) is 0 Å². The highest BCUT2D eigenvalue weighted by Crippen LogP contribution is 2.43. The molecule has 0 saturated heterocycles. The number of carbonyl (C=O) groups excluding carboxylic acids is 2. The molecule has 2 atom stereocenters. The third-order valence-corrected chi connectivity index (χ3v) is 14.0. The van der Waals surface area contributed by atoms with Gasteiger partial charge >= 0.3 is 19.8 Å². The molecule has 0 spiro atoms. The number of ether oxygens (including phenoxy) is 2. The standard InChI is InChI=1S/C58H112NO8P/c1-6-8-10-12-14-16-18-20-22-23-24-25-26-27-28-29-30-31-32-33-34-35-37-39-41-43-45-47-49-51-58(61)67-56(55-66-68(62,63)65-53-52-59(3,4)5)54-64-57(60)50-48-46-44-42-40-38-36-21-19-17-15-13-11-9-7-2/h18,20,23-24,56H,6-17,19,21-22,25-55H2,1-5H3/p+1/b20-18-,24-23-. The van der Waals surface area contributed by atoms with Gasteiger partial charge in [-0.15, -0.1) is 0 Å². The van der Waals surface area contributed by atoms with E-state index in [1.54, 1.807) is 0 Å². The summed E-state index contributed by atoms with van der Waals surface area (Å²) in [6.45, 7) is 4.47. The van der Waals surface area contributed by atoms with Crippen molar-refractivity contribution in [1.29, 1.82) is 0 Å². The Bertz CT molecular complexity index is 1200. The van der Waals surface area contributed by atoms with Crippen molar-refractivity contribution >= 4 is 19.8 Å². The van der Waals surface area contributed by atoms with Gasteiger partial charge < -0.3 is 18.9 Å². The van der Waals surface area contributed by atoms with Crippen LogP contribution in [0.1, 0.15) is 284 Å². The highest BCUT2D eigenvalue weighted by atomic mass is 31.2. The van der Waals surface area contributed by atoms with E-state index in [-0.39, 0.29) is 25.6 Å². The quantitative estimate of drug-likeness (QED) is 0.0211. The summed E-state index contributed by atoms with van der Waals surface area (Å²) in [7, 11) is 1.49. The monoisotopic (exact) mass is 983 g/mol. The van der Waals surface area contributed by atoms with E-state index in [0.29, 0.717) is 23.9 Å². The number of likely N-dealkylation sites (N-methyl/N-ethyl adjacent to an activating group) is 1. The minimum absolute atomic E-state index is 0.0351. The Kier molecular flexibility index (Phi) is 49.3.